The fourth-order valence-electron chi connectivity index (χ4n) is 2.53. The Morgan fingerprint density at radius 1 is 1.47 bits per heavy atom. The zero-order valence-electron chi connectivity index (χ0n) is 10.9. The molecule has 2 rings (SSSR count). The van der Waals surface area contributed by atoms with Crippen molar-refractivity contribution < 1.29 is 19.7 Å². The molecule has 0 bridgehead atoms. The van der Waals surface area contributed by atoms with Crippen molar-refractivity contribution in [3.63, 3.8) is 0 Å². The Bertz CT molecular complexity index is 461. The summed E-state index contributed by atoms with van der Waals surface area (Å²) in [5, 5.41) is 21.8. The summed E-state index contributed by atoms with van der Waals surface area (Å²) in [5.74, 6) is 0.185. The highest BCUT2D eigenvalue weighted by atomic mass is 16.5. The van der Waals surface area contributed by atoms with Gasteiger partial charge in [-0.25, -0.2) is 0 Å². The summed E-state index contributed by atoms with van der Waals surface area (Å²) in [6, 6.07) is 4.57. The minimum atomic E-state index is -0.233. The molecule has 1 aromatic rings. The average molecular weight is 265 g/mol. The molecule has 0 aliphatic heterocycles. The molecule has 1 aromatic carbocycles. The van der Waals surface area contributed by atoms with Crippen molar-refractivity contribution in [3.05, 3.63) is 23.8 Å². The summed E-state index contributed by atoms with van der Waals surface area (Å²) in [6.07, 6.45) is 2.85. The molecule has 5 heteroatoms. The maximum absolute atomic E-state index is 12.1. The third kappa shape index (κ3) is 2.98. The molecular weight excluding hydrogens is 246 g/mol. The van der Waals surface area contributed by atoms with E-state index in [-0.39, 0.29) is 30.2 Å². The predicted molar refractivity (Wildman–Crippen MR) is 70.3 cm³/mol. The van der Waals surface area contributed by atoms with E-state index in [4.69, 9.17) is 4.74 Å². The third-order valence-electron chi connectivity index (χ3n) is 3.65. The molecule has 0 heterocycles. The molecule has 0 aromatic heterocycles. The van der Waals surface area contributed by atoms with Crippen LogP contribution >= 0.6 is 0 Å². The van der Waals surface area contributed by atoms with Crippen LogP contribution in [0, 0.1) is 5.92 Å². The number of rotatable bonds is 4. The number of aliphatic hydroxyl groups excluding tert-OH is 1. The number of benzene rings is 1. The number of carbonyl (C=O) groups excluding carboxylic acids is 1. The van der Waals surface area contributed by atoms with Gasteiger partial charge in [-0.2, -0.15) is 0 Å². The SMILES string of the molecule is COc1ccc(C(=O)NC2CCCC2CO)cc1O. The lowest BCUT2D eigenvalue weighted by Crippen LogP contribution is -2.38. The first-order valence-corrected chi connectivity index (χ1v) is 6.44. The number of ether oxygens (including phenoxy) is 1. The Labute approximate surface area is 112 Å². The number of hydrogen-bond acceptors (Lipinski definition) is 4. The third-order valence-corrected chi connectivity index (χ3v) is 3.65. The van der Waals surface area contributed by atoms with E-state index in [9.17, 15) is 15.0 Å². The number of methoxy groups -OCH3 is 1. The lowest BCUT2D eigenvalue weighted by Gasteiger charge is -2.19. The number of nitrogens with one attached hydrogen (secondary N) is 1. The van der Waals surface area contributed by atoms with Crippen molar-refractivity contribution in [1.82, 2.24) is 5.32 Å². The fourth-order valence-corrected chi connectivity index (χ4v) is 2.53. The monoisotopic (exact) mass is 265 g/mol. The number of aromatic hydroxyl groups is 1. The largest absolute Gasteiger partial charge is 0.504 e. The summed E-state index contributed by atoms with van der Waals surface area (Å²) in [6.45, 7) is 0.0960. The highest BCUT2D eigenvalue weighted by Crippen LogP contribution is 2.28. The van der Waals surface area contributed by atoms with E-state index in [0.29, 0.717) is 11.3 Å². The number of phenolic OH excluding ortho intramolecular Hbond substituents is 1. The number of amides is 1. The van der Waals surface area contributed by atoms with Gasteiger partial charge in [0.15, 0.2) is 11.5 Å². The Kier molecular flexibility index (Phi) is 4.27. The van der Waals surface area contributed by atoms with Gasteiger partial charge in [0.1, 0.15) is 0 Å². The molecule has 104 valence electrons. The van der Waals surface area contributed by atoms with Gasteiger partial charge in [0, 0.05) is 24.1 Å². The summed E-state index contributed by atoms with van der Waals surface area (Å²) < 4.78 is 4.93. The van der Waals surface area contributed by atoms with Crippen molar-refractivity contribution in [2.75, 3.05) is 13.7 Å². The summed E-state index contributed by atoms with van der Waals surface area (Å²) >= 11 is 0. The molecule has 2 unspecified atom stereocenters. The van der Waals surface area contributed by atoms with Crippen molar-refractivity contribution in [3.8, 4) is 11.5 Å². The maximum atomic E-state index is 12.1. The predicted octanol–water partition coefficient (Wildman–Crippen LogP) is 1.29. The number of aliphatic hydroxyl groups is 1. The Morgan fingerprint density at radius 2 is 2.26 bits per heavy atom. The molecular formula is C14H19NO4. The van der Waals surface area contributed by atoms with Gasteiger partial charge in [0.2, 0.25) is 0 Å². The molecule has 1 aliphatic rings. The van der Waals surface area contributed by atoms with Crippen LogP contribution in [0.25, 0.3) is 0 Å². The quantitative estimate of drug-likeness (QED) is 0.766. The minimum Gasteiger partial charge on any atom is -0.504 e. The van der Waals surface area contributed by atoms with Crippen LogP contribution in [0.4, 0.5) is 0 Å². The highest BCUT2D eigenvalue weighted by Gasteiger charge is 2.28. The van der Waals surface area contributed by atoms with Crippen molar-refractivity contribution in [2.45, 2.75) is 25.3 Å². The molecule has 2 atom stereocenters. The average Bonchev–Trinajstić information content (AvgIpc) is 2.85. The molecule has 3 N–H and O–H groups in total. The van der Waals surface area contributed by atoms with E-state index in [1.807, 2.05) is 0 Å². The van der Waals surface area contributed by atoms with E-state index in [2.05, 4.69) is 5.32 Å². The number of hydrogen-bond donors (Lipinski definition) is 3. The van der Waals surface area contributed by atoms with Crippen LogP contribution < -0.4 is 10.1 Å². The van der Waals surface area contributed by atoms with Crippen molar-refractivity contribution in [1.29, 1.82) is 0 Å². The van der Waals surface area contributed by atoms with Crippen LogP contribution in [0.5, 0.6) is 11.5 Å². The first kappa shape index (κ1) is 13.7. The van der Waals surface area contributed by atoms with Gasteiger partial charge in [-0.15, -0.1) is 0 Å². The van der Waals surface area contributed by atoms with Crippen LogP contribution in [0.1, 0.15) is 29.6 Å². The molecule has 5 nitrogen and oxygen atoms in total. The second-order valence-electron chi connectivity index (χ2n) is 4.84. The second-order valence-corrected chi connectivity index (χ2v) is 4.84. The van der Waals surface area contributed by atoms with E-state index in [1.165, 1.54) is 13.2 Å². The van der Waals surface area contributed by atoms with E-state index in [1.54, 1.807) is 12.1 Å². The molecule has 0 radical (unpaired) electrons. The van der Waals surface area contributed by atoms with Crippen LogP contribution in [0.3, 0.4) is 0 Å². The number of carbonyl (C=O) groups is 1. The van der Waals surface area contributed by atoms with Crippen LogP contribution in [0.15, 0.2) is 18.2 Å². The molecule has 0 saturated heterocycles. The minimum absolute atomic E-state index is 0.0155. The van der Waals surface area contributed by atoms with Gasteiger partial charge in [0.25, 0.3) is 5.91 Å². The first-order chi connectivity index (χ1) is 9.15. The van der Waals surface area contributed by atoms with Crippen LogP contribution in [-0.4, -0.2) is 35.9 Å². The van der Waals surface area contributed by atoms with Crippen molar-refractivity contribution in [2.24, 2.45) is 5.92 Å². The Balaban J connectivity index is 2.05. The molecule has 1 aliphatic carbocycles. The van der Waals surface area contributed by atoms with Gasteiger partial charge < -0.3 is 20.3 Å². The zero-order chi connectivity index (χ0) is 13.8. The van der Waals surface area contributed by atoms with Crippen LogP contribution in [-0.2, 0) is 0 Å². The van der Waals surface area contributed by atoms with E-state index in [0.717, 1.165) is 19.3 Å². The van der Waals surface area contributed by atoms with Crippen LogP contribution in [0.2, 0.25) is 0 Å². The fraction of sp³-hybridized carbons (Fsp3) is 0.500. The maximum Gasteiger partial charge on any atom is 0.251 e. The summed E-state index contributed by atoms with van der Waals surface area (Å²) in [4.78, 5) is 12.1. The lowest BCUT2D eigenvalue weighted by molar-refractivity contribution is 0.0915. The molecule has 1 amide bonds. The van der Waals surface area contributed by atoms with Gasteiger partial charge in [-0.05, 0) is 31.0 Å². The smallest absolute Gasteiger partial charge is 0.251 e. The van der Waals surface area contributed by atoms with Gasteiger partial charge in [-0.3, -0.25) is 4.79 Å². The summed E-state index contributed by atoms with van der Waals surface area (Å²) in [7, 11) is 1.46. The van der Waals surface area contributed by atoms with Gasteiger partial charge in [-0.1, -0.05) is 6.42 Å². The first-order valence-electron chi connectivity index (χ1n) is 6.44. The Morgan fingerprint density at radius 3 is 2.89 bits per heavy atom. The highest BCUT2D eigenvalue weighted by molar-refractivity contribution is 5.95. The summed E-state index contributed by atoms with van der Waals surface area (Å²) in [5.41, 5.74) is 0.391. The van der Waals surface area contributed by atoms with E-state index >= 15 is 0 Å². The Hall–Kier alpha value is -1.75. The van der Waals surface area contributed by atoms with Gasteiger partial charge >= 0.3 is 0 Å². The molecule has 19 heavy (non-hydrogen) atoms. The van der Waals surface area contributed by atoms with E-state index < -0.39 is 0 Å². The lowest BCUT2D eigenvalue weighted by atomic mass is 10.0. The van der Waals surface area contributed by atoms with Crippen molar-refractivity contribution >= 4 is 5.91 Å². The molecule has 0 spiro atoms. The number of phenols is 1. The molecule has 1 fully saturated rings. The topological polar surface area (TPSA) is 78.8 Å². The normalized spacial score (nSPS) is 22.2. The second kappa shape index (κ2) is 5.93. The zero-order valence-corrected chi connectivity index (χ0v) is 10.9. The van der Waals surface area contributed by atoms with Gasteiger partial charge in [0.05, 0.1) is 7.11 Å². The molecule has 1 saturated carbocycles. The standard InChI is InChI=1S/C14H19NO4/c1-19-13-6-5-9(7-12(13)17)14(18)15-11-4-2-3-10(11)8-16/h5-7,10-11,16-17H,2-4,8H2,1H3,(H,15,18).